The van der Waals surface area contributed by atoms with Gasteiger partial charge in [-0.25, -0.2) is 0 Å². The molecule has 2 saturated heterocycles. The summed E-state index contributed by atoms with van der Waals surface area (Å²) in [4.78, 5) is 15.9. The Labute approximate surface area is 138 Å². The molecule has 0 radical (unpaired) electrons. The van der Waals surface area contributed by atoms with Crippen molar-refractivity contribution in [1.82, 2.24) is 10.2 Å². The van der Waals surface area contributed by atoms with Crippen LogP contribution in [0.3, 0.4) is 0 Å². The van der Waals surface area contributed by atoms with Crippen molar-refractivity contribution in [1.29, 1.82) is 0 Å². The van der Waals surface area contributed by atoms with Gasteiger partial charge in [0.25, 0.3) is 0 Å². The fraction of sp³-hybridized carbons (Fsp3) is 0.611. The van der Waals surface area contributed by atoms with Crippen LogP contribution in [0.15, 0.2) is 24.3 Å². The first-order valence-electron chi connectivity index (χ1n) is 8.48. The molecule has 0 aliphatic carbocycles. The highest BCUT2D eigenvalue weighted by molar-refractivity contribution is 5.78. The van der Waals surface area contributed by atoms with E-state index in [0.717, 1.165) is 26.2 Å². The predicted molar refractivity (Wildman–Crippen MR) is 91.5 cm³/mol. The Morgan fingerprint density at radius 2 is 1.87 bits per heavy atom. The Kier molecular flexibility index (Phi) is 4.87. The zero-order chi connectivity index (χ0) is 16.4. The van der Waals surface area contributed by atoms with Crippen molar-refractivity contribution in [3.8, 4) is 0 Å². The second-order valence-electron chi connectivity index (χ2n) is 6.85. The molecule has 5 nitrogen and oxygen atoms in total. The molecule has 1 aromatic carbocycles. The van der Waals surface area contributed by atoms with E-state index in [2.05, 4.69) is 48.3 Å². The van der Waals surface area contributed by atoms with Crippen LogP contribution < -0.4 is 10.2 Å². The maximum absolute atomic E-state index is 11.6. The lowest BCUT2D eigenvalue weighted by Gasteiger charge is -2.38. The minimum absolute atomic E-state index is 0.228. The minimum Gasteiger partial charge on any atom is -0.372 e. The number of likely N-dealkylation sites (tertiary alicyclic amines) is 1. The average molecular weight is 317 g/mol. The molecule has 126 valence electrons. The molecule has 0 aromatic heterocycles. The number of morpholine rings is 1. The Morgan fingerprint density at radius 1 is 1.17 bits per heavy atom. The number of likely N-dealkylation sites (N-methyl/N-ethyl adjacent to an activating group) is 1. The van der Waals surface area contributed by atoms with Crippen LogP contribution in [-0.4, -0.2) is 55.7 Å². The third kappa shape index (κ3) is 3.85. The summed E-state index contributed by atoms with van der Waals surface area (Å²) < 4.78 is 5.84. The van der Waals surface area contributed by atoms with Gasteiger partial charge in [-0.15, -0.1) is 0 Å². The van der Waals surface area contributed by atoms with Gasteiger partial charge in [-0.2, -0.15) is 0 Å². The van der Waals surface area contributed by atoms with E-state index in [1.807, 2.05) is 7.05 Å². The van der Waals surface area contributed by atoms with E-state index in [-0.39, 0.29) is 24.2 Å². The van der Waals surface area contributed by atoms with Gasteiger partial charge in [0.1, 0.15) is 0 Å². The molecule has 1 aromatic rings. The predicted octanol–water partition coefficient (Wildman–Crippen LogP) is 1.62. The summed E-state index contributed by atoms with van der Waals surface area (Å²) in [5, 5.41) is 3.54. The Hall–Kier alpha value is -1.59. The van der Waals surface area contributed by atoms with Crippen LogP contribution in [0.25, 0.3) is 0 Å². The fourth-order valence-electron chi connectivity index (χ4n) is 3.60. The lowest BCUT2D eigenvalue weighted by Crippen LogP contribution is -2.46. The molecule has 5 heteroatoms. The van der Waals surface area contributed by atoms with E-state index in [9.17, 15) is 4.79 Å². The number of nitrogens with zero attached hydrogens (tertiary/aromatic N) is 2. The number of benzene rings is 1. The number of rotatable bonds is 4. The maximum atomic E-state index is 11.6. The fourth-order valence-corrected chi connectivity index (χ4v) is 3.60. The zero-order valence-corrected chi connectivity index (χ0v) is 14.3. The Bertz CT molecular complexity index is 553. The van der Waals surface area contributed by atoms with Gasteiger partial charge in [-0.1, -0.05) is 18.2 Å². The number of anilines is 1. The van der Waals surface area contributed by atoms with Crippen molar-refractivity contribution in [2.45, 2.75) is 45.1 Å². The molecule has 2 heterocycles. The van der Waals surface area contributed by atoms with Gasteiger partial charge in [0.05, 0.1) is 12.2 Å². The largest absolute Gasteiger partial charge is 0.372 e. The highest BCUT2D eigenvalue weighted by Crippen LogP contribution is 2.24. The maximum Gasteiger partial charge on any atom is 0.224 e. The van der Waals surface area contributed by atoms with E-state index in [4.69, 9.17) is 4.74 Å². The molecule has 2 aliphatic heterocycles. The smallest absolute Gasteiger partial charge is 0.224 e. The number of carbonyl (C=O) groups excluding carboxylic acids is 1. The lowest BCUT2D eigenvalue weighted by molar-refractivity contribution is -0.126. The monoisotopic (exact) mass is 317 g/mol. The molecule has 3 atom stereocenters. The highest BCUT2D eigenvalue weighted by Gasteiger charge is 2.27. The second kappa shape index (κ2) is 6.89. The molecule has 0 unspecified atom stereocenters. The number of ether oxygens (including phenoxy) is 1. The first-order valence-corrected chi connectivity index (χ1v) is 8.48. The Morgan fingerprint density at radius 3 is 2.52 bits per heavy atom. The van der Waals surface area contributed by atoms with E-state index < -0.39 is 0 Å². The average Bonchev–Trinajstić information content (AvgIpc) is 2.83. The van der Waals surface area contributed by atoms with E-state index >= 15 is 0 Å². The third-order valence-electron chi connectivity index (χ3n) is 4.67. The van der Waals surface area contributed by atoms with Gasteiger partial charge in [-0.05, 0) is 25.5 Å². The Balaban J connectivity index is 1.67. The van der Waals surface area contributed by atoms with Gasteiger partial charge >= 0.3 is 0 Å². The van der Waals surface area contributed by atoms with E-state index in [0.29, 0.717) is 6.42 Å². The van der Waals surface area contributed by atoms with Crippen LogP contribution in [0.1, 0.15) is 25.8 Å². The number of para-hydroxylation sites is 1. The molecule has 0 spiro atoms. The van der Waals surface area contributed by atoms with Crippen LogP contribution in [0.2, 0.25) is 0 Å². The molecule has 23 heavy (non-hydrogen) atoms. The summed E-state index contributed by atoms with van der Waals surface area (Å²) in [6.07, 6.45) is 1.10. The molecular weight excluding hydrogens is 290 g/mol. The molecule has 3 rings (SSSR count). The van der Waals surface area contributed by atoms with Crippen molar-refractivity contribution in [3.05, 3.63) is 29.8 Å². The van der Waals surface area contributed by atoms with Crippen molar-refractivity contribution in [2.75, 3.05) is 31.6 Å². The van der Waals surface area contributed by atoms with Crippen molar-refractivity contribution < 1.29 is 9.53 Å². The van der Waals surface area contributed by atoms with Gasteiger partial charge in [0.15, 0.2) is 0 Å². The van der Waals surface area contributed by atoms with Crippen LogP contribution >= 0.6 is 0 Å². The summed E-state index contributed by atoms with van der Waals surface area (Å²) in [5.41, 5.74) is 2.57. The first kappa shape index (κ1) is 16.3. The topological polar surface area (TPSA) is 44.8 Å². The van der Waals surface area contributed by atoms with Crippen LogP contribution in [0.4, 0.5) is 5.69 Å². The van der Waals surface area contributed by atoms with Crippen LogP contribution in [0, 0.1) is 0 Å². The quantitative estimate of drug-likeness (QED) is 0.916. The van der Waals surface area contributed by atoms with Crippen molar-refractivity contribution >= 4 is 11.6 Å². The standard InChI is InChI=1S/C18H27N3O2/c1-13-10-21(11-14(2)23-13)17-7-5-4-6-15(17)9-19-16-8-18(22)20(3)12-16/h4-7,13-14,16,19H,8-12H2,1-3H3/t13-,14-,16-/m1/s1. The van der Waals surface area contributed by atoms with Gasteiger partial charge < -0.3 is 19.9 Å². The van der Waals surface area contributed by atoms with E-state index in [1.54, 1.807) is 4.90 Å². The van der Waals surface area contributed by atoms with Crippen LogP contribution in [-0.2, 0) is 16.1 Å². The summed E-state index contributed by atoms with van der Waals surface area (Å²) in [6, 6.07) is 8.79. The molecule has 2 aliphatic rings. The minimum atomic E-state index is 0.228. The number of hydrogen-bond donors (Lipinski definition) is 1. The summed E-state index contributed by atoms with van der Waals surface area (Å²) >= 11 is 0. The number of carbonyl (C=O) groups is 1. The molecule has 1 amide bonds. The number of amides is 1. The van der Waals surface area contributed by atoms with Crippen LogP contribution in [0.5, 0.6) is 0 Å². The molecule has 0 saturated carbocycles. The molecule has 0 bridgehead atoms. The summed E-state index contributed by atoms with van der Waals surface area (Å²) in [7, 11) is 1.87. The zero-order valence-electron chi connectivity index (χ0n) is 14.3. The van der Waals surface area contributed by atoms with Gasteiger partial charge in [-0.3, -0.25) is 4.79 Å². The second-order valence-corrected chi connectivity index (χ2v) is 6.85. The number of nitrogens with one attached hydrogen (secondary N) is 1. The third-order valence-corrected chi connectivity index (χ3v) is 4.67. The normalized spacial score (nSPS) is 28.5. The van der Waals surface area contributed by atoms with Gasteiger partial charge in [0, 0.05) is 51.4 Å². The van der Waals surface area contributed by atoms with E-state index in [1.165, 1.54) is 11.3 Å². The lowest BCUT2D eigenvalue weighted by atomic mass is 10.1. The van der Waals surface area contributed by atoms with Crippen molar-refractivity contribution in [2.24, 2.45) is 0 Å². The molecule has 1 N–H and O–H groups in total. The summed E-state index contributed by atoms with van der Waals surface area (Å²) in [6.45, 7) is 7.69. The van der Waals surface area contributed by atoms with Gasteiger partial charge in [0.2, 0.25) is 5.91 Å². The molecular formula is C18H27N3O2. The highest BCUT2D eigenvalue weighted by atomic mass is 16.5. The first-order chi connectivity index (χ1) is 11.0. The summed E-state index contributed by atoms with van der Waals surface area (Å²) in [5.74, 6) is 0.228. The number of hydrogen-bond acceptors (Lipinski definition) is 4. The SMILES string of the molecule is C[C@@H]1CN(c2ccccc2CN[C@@H]2CC(=O)N(C)C2)C[C@@H](C)O1. The molecule has 2 fully saturated rings. The van der Waals surface area contributed by atoms with Crippen molar-refractivity contribution in [3.63, 3.8) is 0 Å².